The van der Waals surface area contributed by atoms with Crippen molar-refractivity contribution in [2.75, 3.05) is 10.6 Å². The average Bonchev–Trinajstić information content (AvgIpc) is 3.37. The molecule has 1 saturated carbocycles. The van der Waals surface area contributed by atoms with E-state index in [4.69, 9.17) is 4.52 Å². The molecule has 36 heavy (non-hydrogen) atoms. The van der Waals surface area contributed by atoms with Crippen LogP contribution in [-0.2, 0) is 23.7 Å². The SMILES string of the molecule is Cn1ncc(Nc2ncc(-c3ccc(CC(=O)Nc4cc(C5(C(F)(F)F)CC5)on4)c(F)c3)cn2)n1. The fraction of sp³-hybridized carbons (Fsp3) is 0.273. The van der Waals surface area contributed by atoms with Gasteiger partial charge >= 0.3 is 6.18 Å². The number of benzene rings is 1. The minimum atomic E-state index is -4.46. The van der Waals surface area contributed by atoms with Crippen molar-refractivity contribution in [3.05, 3.63) is 60.0 Å². The largest absolute Gasteiger partial charge is 0.401 e. The molecule has 0 atom stereocenters. The second kappa shape index (κ2) is 8.70. The summed E-state index contributed by atoms with van der Waals surface area (Å²) in [6, 6.07) is 5.34. The maximum Gasteiger partial charge on any atom is 0.401 e. The lowest BCUT2D eigenvalue weighted by atomic mass is 10.0. The average molecular weight is 502 g/mol. The standard InChI is InChI=1S/C22H18F4N8O2/c1-34-29-11-18(32-34)31-20-27-9-14(10-28-20)12-2-3-13(15(23)6-12)7-19(35)30-17-8-16(36-33-17)21(4-5-21)22(24,25)26/h2-3,6,8-11H,4-5,7H2,1H3,(H,30,33,35)(H,27,28,31,32). The van der Waals surface area contributed by atoms with Gasteiger partial charge in [0.25, 0.3) is 0 Å². The monoisotopic (exact) mass is 502 g/mol. The number of carbonyl (C=O) groups is 1. The molecule has 0 radical (unpaired) electrons. The molecular formula is C22H18F4N8O2. The van der Waals surface area contributed by atoms with Gasteiger partial charge in [-0.05, 0) is 30.0 Å². The molecule has 14 heteroatoms. The van der Waals surface area contributed by atoms with Crippen molar-refractivity contribution in [3.63, 3.8) is 0 Å². The Kier molecular flexibility index (Phi) is 5.65. The highest BCUT2D eigenvalue weighted by atomic mass is 19.4. The molecular weight excluding hydrogens is 484 g/mol. The van der Waals surface area contributed by atoms with Crippen molar-refractivity contribution in [1.29, 1.82) is 0 Å². The van der Waals surface area contributed by atoms with E-state index in [1.807, 2.05) is 0 Å². The van der Waals surface area contributed by atoms with E-state index in [2.05, 4.69) is 36.0 Å². The van der Waals surface area contributed by atoms with E-state index in [0.717, 1.165) is 6.07 Å². The van der Waals surface area contributed by atoms with E-state index in [-0.39, 0.29) is 42.4 Å². The molecule has 0 saturated heterocycles. The molecule has 0 unspecified atom stereocenters. The third-order valence-electron chi connectivity index (χ3n) is 5.77. The molecule has 4 aromatic rings. The summed E-state index contributed by atoms with van der Waals surface area (Å²) in [5, 5.41) is 16.7. The molecule has 1 amide bonds. The highest BCUT2D eigenvalue weighted by Crippen LogP contribution is 2.59. The third-order valence-corrected chi connectivity index (χ3v) is 5.77. The van der Waals surface area contributed by atoms with Gasteiger partial charge in [0, 0.05) is 31.1 Å². The van der Waals surface area contributed by atoms with Crippen LogP contribution < -0.4 is 10.6 Å². The summed E-state index contributed by atoms with van der Waals surface area (Å²) >= 11 is 0. The van der Waals surface area contributed by atoms with Crippen molar-refractivity contribution in [1.82, 2.24) is 30.1 Å². The Balaban J connectivity index is 1.22. The van der Waals surface area contributed by atoms with Gasteiger partial charge in [-0.1, -0.05) is 17.3 Å². The smallest absolute Gasteiger partial charge is 0.358 e. The van der Waals surface area contributed by atoms with Gasteiger partial charge in [-0.2, -0.15) is 23.1 Å². The summed E-state index contributed by atoms with van der Waals surface area (Å²) in [6.45, 7) is 0. The second-order valence-electron chi connectivity index (χ2n) is 8.33. The summed E-state index contributed by atoms with van der Waals surface area (Å²) in [5.74, 6) is -1.05. The first kappa shape index (κ1) is 23.4. The molecule has 1 aliphatic carbocycles. The zero-order valence-electron chi connectivity index (χ0n) is 18.7. The van der Waals surface area contributed by atoms with Crippen molar-refractivity contribution in [2.45, 2.75) is 30.9 Å². The maximum atomic E-state index is 14.7. The molecule has 0 bridgehead atoms. The molecule has 1 aromatic carbocycles. The van der Waals surface area contributed by atoms with Crippen LogP contribution in [0.1, 0.15) is 24.2 Å². The molecule has 5 rings (SSSR count). The van der Waals surface area contributed by atoms with E-state index in [0.29, 0.717) is 16.9 Å². The van der Waals surface area contributed by atoms with Gasteiger partial charge in [-0.25, -0.2) is 14.4 Å². The lowest BCUT2D eigenvalue weighted by Gasteiger charge is -2.14. The molecule has 0 aliphatic heterocycles. The highest BCUT2D eigenvalue weighted by Gasteiger charge is 2.66. The van der Waals surface area contributed by atoms with E-state index in [9.17, 15) is 22.4 Å². The van der Waals surface area contributed by atoms with Gasteiger partial charge in [-0.3, -0.25) is 4.79 Å². The molecule has 3 aromatic heterocycles. The van der Waals surface area contributed by atoms with Gasteiger partial charge in [0.15, 0.2) is 17.4 Å². The normalized spacial score (nSPS) is 14.5. The molecule has 186 valence electrons. The van der Waals surface area contributed by atoms with Gasteiger partial charge in [-0.15, -0.1) is 5.10 Å². The number of alkyl halides is 3. The van der Waals surface area contributed by atoms with Crippen LogP contribution in [0, 0.1) is 5.82 Å². The first-order valence-corrected chi connectivity index (χ1v) is 10.7. The van der Waals surface area contributed by atoms with E-state index in [1.54, 1.807) is 13.1 Å². The summed E-state index contributed by atoms with van der Waals surface area (Å²) in [5.41, 5.74) is -0.914. The Morgan fingerprint density at radius 1 is 1.11 bits per heavy atom. The quantitative estimate of drug-likeness (QED) is 0.365. The lowest BCUT2D eigenvalue weighted by Crippen LogP contribution is -2.28. The van der Waals surface area contributed by atoms with Crippen LogP contribution >= 0.6 is 0 Å². The van der Waals surface area contributed by atoms with Gasteiger partial charge in [0.05, 0.1) is 12.6 Å². The summed E-state index contributed by atoms with van der Waals surface area (Å²) in [6.07, 6.45) is -0.487. The minimum Gasteiger partial charge on any atom is -0.358 e. The number of hydrogen-bond acceptors (Lipinski definition) is 8. The Morgan fingerprint density at radius 3 is 2.47 bits per heavy atom. The number of nitrogens with one attached hydrogen (secondary N) is 2. The number of amides is 1. The third kappa shape index (κ3) is 4.61. The number of aromatic nitrogens is 6. The molecule has 1 aliphatic rings. The van der Waals surface area contributed by atoms with Crippen LogP contribution in [0.3, 0.4) is 0 Å². The van der Waals surface area contributed by atoms with E-state index >= 15 is 0 Å². The van der Waals surface area contributed by atoms with Crippen molar-refractivity contribution >= 4 is 23.5 Å². The van der Waals surface area contributed by atoms with Crippen LogP contribution in [0.15, 0.2) is 47.4 Å². The summed E-state index contributed by atoms with van der Waals surface area (Å²) in [7, 11) is 1.67. The van der Waals surface area contributed by atoms with Crippen molar-refractivity contribution < 1.29 is 26.9 Å². The van der Waals surface area contributed by atoms with Crippen LogP contribution in [0.5, 0.6) is 0 Å². The first-order valence-electron chi connectivity index (χ1n) is 10.7. The zero-order chi connectivity index (χ0) is 25.5. The summed E-state index contributed by atoms with van der Waals surface area (Å²) < 4.78 is 59.2. The number of anilines is 3. The fourth-order valence-electron chi connectivity index (χ4n) is 3.64. The Labute approximate surface area is 200 Å². The predicted octanol–water partition coefficient (Wildman–Crippen LogP) is 3.92. The number of hydrogen-bond donors (Lipinski definition) is 2. The molecule has 10 nitrogen and oxygen atoms in total. The number of nitrogens with zero attached hydrogens (tertiary/aromatic N) is 6. The van der Waals surface area contributed by atoms with Crippen LogP contribution in [0.2, 0.25) is 0 Å². The second-order valence-corrected chi connectivity index (χ2v) is 8.33. The Hall–Kier alpha value is -4.36. The molecule has 1 fully saturated rings. The number of aryl methyl sites for hydroxylation is 1. The van der Waals surface area contributed by atoms with Gasteiger partial charge in [0.2, 0.25) is 11.9 Å². The molecule has 0 spiro atoms. The van der Waals surface area contributed by atoms with Crippen LogP contribution in [-0.4, -0.2) is 42.2 Å². The van der Waals surface area contributed by atoms with Crippen LogP contribution in [0.4, 0.5) is 35.1 Å². The minimum absolute atomic E-state index is 0.0933. The van der Waals surface area contributed by atoms with Gasteiger partial charge in [0.1, 0.15) is 11.2 Å². The predicted molar refractivity (Wildman–Crippen MR) is 118 cm³/mol. The maximum absolute atomic E-state index is 14.7. The number of halogens is 4. The zero-order valence-corrected chi connectivity index (χ0v) is 18.7. The van der Waals surface area contributed by atoms with Crippen molar-refractivity contribution in [3.8, 4) is 11.1 Å². The number of carbonyl (C=O) groups excluding carboxylic acids is 1. The number of rotatable bonds is 7. The Morgan fingerprint density at radius 2 is 1.86 bits per heavy atom. The fourth-order valence-corrected chi connectivity index (χ4v) is 3.64. The first-order chi connectivity index (χ1) is 17.1. The van der Waals surface area contributed by atoms with Crippen molar-refractivity contribution in [2.24, 2.45) is 7.05 Å². The highest BCUT2D eigenvalue weighted by molar-refractivity contribution is 5.91. The van der Waals surface area contributed by atoms with E-state index in [1.165, 1.54) is 35.5 Å². The van der Waals surface area contributed by atoms with Gasteiger partial charge < -0.3 is 15.2 Å². The molecule has 2 N–H and O–H groups in total. The lowest BCUT2D eigenvalue weighted by molar-refractivity contribution is -0.165. The van der Waals surface area contributed by atoms with E-state index < -0.39 is 23.3 Å². The summed E-state index contributed by atoms with van der Waals surface area (Å²) in [4.78, 5) is 22.1. The topological polar surface area (TPSA) is 124 Å². The van der Waals surface area contributed by atoms with Crippen LogP contribution in [0.25, 0.3) is 11.1 Å². The molecule has 3 heterocycles. The Bertz CT molecular complexity index is 1410.